The van der Waals surface area contributed by atoms with Crippen LogP contribution < -0.4 is 15.8 Å². The Bertz CT molecular complexity index is 1240. The van der Waals surface area contributed by atoms with Gasteiger partial charge in [0.1, 0.15) is 11.6 Å². The van der Waals surface area contributed by atoms with Gasteiger partial charge in [0.25, 0.3) is 0 Å². The predicted octanol–water partition coefficient (Wildman–Crippen LogP) is 4.56. The fourth-order valence-electron chi connectivity index (χ4n) is 3.08. The lowest BCUT2D eigenvalue weighted by Gasteiger charge is -2.11. The van der Waals surface area contributed by atoms with Crippen molar-refractivity contribution in [2.45, 2.75) is 20.0 Å². The molecule has 1 aromatic carbocycles. The first-order valence-corrected chi connectivity index (χ1v) is 9.17. The predicted molar refractivity (Wildman–Crippen MR) is 106 cm³/mol. The minimum atomic E-state index is -2.95. The summed E-state index contributed by atoms with van der Waals surface area (Å²) in [5.74, 6) is -2.00. The summed E-state index contributed by atoms with van der Waals surface area (Å²) < 4.78 is 58.8. The van der Waals surface area contributed by atoms with E-state index in [9.17, 15) is 17.6 Å². The Balaban J connectivity index is 1.76. The Labute approximate surface area is 173 Å². The van der Waals surface area contributed by atoms with E-state index in [0.717, 1.165) is 0 Å². The van der Waals surface area contributed by atoms with Crippen molar-refractivity contribution in [3.05, 3.63) is 59.9 Å². The van der Waals surface area contributed by atoms with Gasteiger partial charge in [0.05, 0.1) is 16.8 Å². The zero-order chi connectivity index (χ0) is 22.1. The molecule has 0 radical (unpaired) electrons. The van der Waals surface area contributed by atoms with Gasteiger partial charge in [-0.1, -0.05) is 6.92 Å². The Morgan fingerprint density at radius 1 is 1.13 bits per heavy atom. The molecule has 0 saturated carbocycles. The second-order valence-corrected chi connectivity index (χ2v) is 6.47. The third kappa shape index (κ3) is 4.06. The zero-order valence-corrected chi connectivity index (χ0v) is 16.1. The Morgan fingerprint density at radius 2 is 1.87 bits per heavy atom. The normalized spacial score (nSPS) is 11.3. The van der Waals surface area contributed by atoms with E-state index in [4.69, 9.17) is 5.73 Å². The molecule has 3 aromatic heterocycles. The summed E-state index contributed by atoms with van der Waals surface area (Å²) >= 11 is 0. The highest BCUT2D eigenvalue weighted by molar-refractivity contribution is 5.80. The van der Waals surface area contributed by atoms with E-state index in [-0.39, 0.29) is 17.4 Å². The van der Waals surface area contributed by atoms with Crippen LogP contribution in [-0.2, 0) is 6.42 Å². The molecule has 0 amide bonds. The molecule has 4 rings (SSSR count). The molecule has 4 aromatic rings. The van der Waals surface area contributed by atoms with E-state index >= 15 is 0 Å². The van der Waals surface area contributed by atoms with E-state index in [0.29, 0.717) is 28.9 Å². The van der Waals surface area contributed by atoms with Crippen LogP contribution in [0.4, 0.5) is 34.9 Å². The lowest BCUT2D eigenvalue weighted by molar-refractivity contribution is -0.0498. The number of alkyl halides is 2. The molecule has 7 nitrogen and oxygen atoms in total. The molecule has 0 fully saturated rings. The maximum Gasteiger partial charge on any atom is 0.387 e. The van der Waals surface area contributed by atoms with Crippen molar-refractivity contribution in [2.24, 2.45) is 0 Å². The van der Waals surface area contributed by atoms with Gasteiger partial charge in [0.2, 0.25) is 5.82 Å². The van der Waals surface area contributed by atoms with Crippen LogP contribution in [0.2, 0.25) is 0 Å². The number of aromatic nitrogens is 4. The molecule has 3 heterocycles. The molecule has 0 atom stereocenters. The van der Waals surface area contributed by atoms with Crippen LogP contribution in [0.3, 0.4) is 0 Å². The van der Waals surface area contributed by atoms with Crippen LogP contribution in [-0.4, -0.2) is 26.2 Å². The van der Waals surface area contributed by atoms with Crippen molar-refractivity contribution >= 4 is 22.8 Å². The lowest BCUT2D eigenvalue weighted by Crippen LogP contribution is -2.06. The highest BCUT2D eigenvalue weighted by Crippen LogP contribution is 2.31. The summed E-state index contributed by atoms with van der Waals surface area (Å²) in [5.41, 5.74) is 7.52. The molecule has 0 spiro atoms. The van der Waals surface area contributed by atoms with E-state index in [1.807, 2.05) is 6.92 Å². The fourth-order valence-corrected chi connectivity index (χ4v) is 3.08. The third-order valence-electron chi connectivity index (χ3n) is 4.45. The number of rotatable bonds is 6. The Morgan fingerprint density at radius 3 is 2.55 bits per heavy atom. The summed E-state index contributed by atoms with van der Waals surface area (Å²) in [7, 11) is 0. The maximum atomic E-state index is 14.6. The highest BCUT2D eigenvalue weighted by Gasteiger charge is 2.20. The van der Waals surface area contributed by atoms with E-state index in [2.05, 4.69) is 25.1 Å². The SMILES string of the molecule is CCc1nn2ccc(F)cc2c1-c1nc(N)c(F)c(Nc2ccc(OC(F)F)cc2)n1. The summed E-state index contributed by atoms with van der Waals surface area (Å²) in [6, 6.07) is 7.95. The van der Waals surface area contributed by atoms with Gasteiger partial charge < -0.3 is 15.8 Å². The van der Waals surface area contributed by atoms with Crippen molar-refractivity contribution in [1.82, 2.24) is 19.6 Å². The van der Waals surface area contributed by atoms with Crippen LogP contribution in [0.25, 0.3) is 16.9 Å². The van der Waals surface area contributed by atoms with E-state index in [1.54, 1.807) is 0 Å². The van der Waals surface area contributed by atoms with Crippen LogP contribution in [0, 0.1) is 11.6 Å². The molecular formula is C20H16F4N6O. The van der Waals surface area contributed by atoms with E-state index < -0.39 is 24.1 Å². The standard InChI is InChI=1S/C20H16F4N6O/c1-2-13-15(14-9-10(21)7-8-30(14)29-13)18-27-17(25)16(22)19(28-18)26-11-3-5-12(6-4-11)31-20(23)24/h3-9,20H,2H2,1H3,(H3,25,26,27,28). The summed E-state index contributed by atoms with van der Waals surface area (Å²) in [4.78, 5) is 8.25. The van der Waals surface area contributed by atoms with Gasteiger partial charge in [-0.3, -0.25) is 0 Å². The number of pyridine rings is 1. The summed E-state index contributed by atoms with van der Waals surface area (Å²) in [6.07, 6.45) is 1.95. The molecule has 11 heteroatoms. The number of hydrogen-bond acceptors (Lipinski definition) is 6. The molecule has 0 bridgehead atoms. The maximum absolute atomic E-state index is 14.6. The molecule has 0 aliphatic heterocycles. The van der Waals surface area contributed by atoms with Gasteiger partial charge in [-0.25, -0.2) is 18.9 Å². The molecule has 0 saturated heterocycles. The number of fused-ring (bicyclic) bond motifs is 1. The van der Waals surface area contributed by atoms with Crippen molar-refractivity contribution < 1.29 is 22.3 Å². The largest absolute Gasteiger partial charge is 0.435 e. The Hall–Kier alpha value is -3.89. The average Bonchev–Trinajstić information content (AvgIpc) is 3.10. The lowest BCUT2D eigenvalue weighted by atomic mass is 10.1. The highest BCUT2D eigenvalue weighted by atomic mass is 19.3. The number of nitrogens with one attached hydrogen (secondary N) is 1. The molecule has 0 unspecified atom stereocenters. The van der Waals surface area contributed by atoms with Gasteiger partial charge in [-0.05, 0) is 36.8 Å². The average molecular weight is 432 g/mol. The number of nitrogen functional groups attached to an aromatic ring is 1. The number of nitrogens with two attached hydrogens (primary N) is 1. The minimum absolute atomic E-state index is 0.0510. The molecule has 3 N–H and O–H groups in total. The minimum Gasteiger partial charge on any atom is -0.435 e. The van der Waals surface area contributed by atoms with Gasteiger partial charge in [-0.2, -0.15) is 18.3 Å². The number of anilines is 3. The van der Waals surface area contributed by atoms with Crippen LogP contribution in [0.15, 0.2) is 42.6 Å². The Kier molecular flexibility index (Phi) is 5.32. The first-order chi connectivity index (χ1) is 14.9. The number of ether oxygens (including phenoxy) is 1. The van der Waals surface area contributed by atoms with Crippen LogP contribution >= 0.6 is 0 Å². The first kappa shape index (κ1) is 20.4. The second-order valence-electron chi connectivity index (χ2n) is 6.47. The van der Waals surface area contributed by atoms with Crippen molar-refractivity contribution in [3.8, 4) is 17.1 Å². The van der Waals surface area contributed by atoms with Gasteiger partial charge in [-0.15, -0.1) is 0 Å². The summed E-state index contributed by atoms with van der Waals surface area (Å²) in [6.45, 7) is -1.10. The zero-order valence-electron chi connectivity index (χ0n) is 16.1. The summed E-state index contributed by atoms with van der Waals surface area (Å²) in [5, 5.41) is 7.13. The number of halogens is 4. The van der Waals surface area contributed by atoms with Crippen molar-refractivity contribution in [2.75, 3.05) is 11.1 Å². The smallest absolute Gasteiger partial charge is 0.387 e. The molecule has 160 valence electrons. The molecule has 0 aliphatic carbocycles. The second kappa shape index (κ2) is 8.09. The quantitative estimate of drug-likeness (QED) is 0.434. The van der Waals surface area contributed by atoms with Crippen LogP contribution in [0.1, 0.15) is 12.6 Å². The van der Waals surface area contributed by atoms with Crippen LogP contribution in [0.5, 0.6) is 5.75 Å². The van der Waals surface area contributed by atoms with E-state index in [1.165, 1.54) is 47.1 Å². The topological polar surface area (TPSA) is 90.4 Å². The van der Waals surface area contributed by atoms with Gasteiger partial charge in [0, 0.05) is 18.0 Å². The number of nitrogens with zero attached hydrogens (tertiary/aromatic N) is 4. The van der Waals surface area contributed by atoms with Gasteiger partial charge >= 0.3 is 6.61 Å². The molecule has 0 aliphatic rings. The molecular weight excluding hydrogens is 416 g/mol. The number of aryl methyl sites for hydroxylation is 1. The fraction of sp³-hybridized carbons (Fsp3) is 0.150. The van der Waals surface area contributed by atoms with Crippen molar-refractivity contribution in [3.63, 3.8) is 0 Å². The van der Waals surface area contributed by atoms with Gasteiger partial charge in [0.15, 0.2) is 17.5 Å². The first-order valence-electron chi connectivity index (χ1n) is 9.17. The third-order valence-corrected chi connectivity index (χ3v) is 4.45. The number of hydrogen-bond donors (Lipinski definition) is 2. The van der Waals surface area contributed by atoms with Crippen molar-refractivity contribution in [1.29, 1.82) is 0 Å². The molecule has 31 heavy (non-hydrogen) atoms. The number of benzene rings is 1. The monoisotopic (exact) mass is 432 g/mol.